The van der Waals surface area contributed by atoms with E-state index in [0.717, 1.165) is 82.8 Å². The Hall–Kier alpha value is -3.16. The molecule has 1 aromatic heterocycles. The van der Waals surface area contributed by atoms with Crippen LogP contribution in [-0.2, 0) is 6.54 Å². The van der Waals surface area contributed by atoms with Gasteiger partial charge in [-0.15, -0.1) is 0 Å². The number of nitrogens with one attached hydrogen (secondary N) is 2. The van der Waals surface area contributed by atoms with Gasteiger partial charge in [-0.1, -0.05) is 36.2 Å². The molecule has 220 valence electrons. The Labute approximate surface area is 255 Å². The van der Waals surface area contributed by atoms with Gasteiger partial charge in [-0.2, -0.15) is 5.26 Å². The molecule has 0 spiro atoms. The van der Waals surface area contributed by atoms with Gasteiger partial charge in [0.15, 0.2) is 0 Å². The maximum atomic E-state index is 12.2. The number of nitrogens with zero attached hydrogens (tertiary/aromatic N) is 5. The van der Waals surface area contributed by atoms with E-state index in [2.05, 4.69) is 43.3 Å². The van der Waals surface area contributed by atoms with E-state index in [4.69, 9.17) is 23.2 Å². The Morgan fingerprint density at radius 1 is 1.02 bits per heavy atom. The van der Waals surface area contributed by atoms with Gasteiger partial charge in [0.1, 0.15) is 17.2 Å². The fraction of sp³-hybridized carbons (Fsp3) is 0.484. The van der Waals surface area contributed by atoms with Crippen molar-refractivity contribution in [3.05, 3.63) is 72.1 Å². The molecule has 6 rings (SSSR count). The molecule has 11 heteroatoms. The lowest BCUT2D eigenvalue weighted by Crippen LogP contribution is -2.58. The van der Waals surface area contributed by atoms with Crippen LogP contribution in [0.4, 0.5) is 22.9 Å². The number of aromatic nitrogens is 1. The SMILES string of the molecule is CC[C@H]1CN(c2ncc(Nc3c(NC4CC4)c(=O)c3=O)cc2Cl)CCN1C1CCN(Cc2ccc(Cl)cc2C#N)CC1. The summed E-state index contributed by atoms with van der Waals surface area (Å²) in [5, 5.41) is 16.8. The lowest BCUT2D eigenvalue weighted by molar-refractivity contribution is 0.0610. The molecule has 1 saturated carbocycles. The predicted octanol–water partition coefficient (Wildman–Crippen LogP) is 4.74. The van der Waals surface area contributed by atoms with E-state index >= 15 is 0 Å². The van der Waals surface area contributed by atoms with Crippen LogP contribution in [0, 0.1) is 11.3 Å². The van der Waals surface area contributed by atoms with E-state index in [0.29, 0.717) is 44.8 Å². The molecule has 0 unspecified atom stereocenters. The highest BCUT2D eigenvalue weighted by Gasteiger charge is 2.34. The third kappa shape index (κ3) is 6.00. The Morgan fingerprint density at radius 2 is 1.79 bits per heavy atom. The normalized spacial score (nSPS) is 20.5. The van der Waals surface area contributed by atoms with Crippen molar-refractivity contribution >= 4 is 46.1 Å². The fourth-order valence-corrected chi connectivity index (χ4v) is 6.76. The molecule has 2 saturated heterocycles. The number of hydrogen-bond acceptors (Lipinski definition) is 9. The first kappa shape index (κ1) is 28.9. The highest BCUT2D eigenvalue weighted by Crippen LogP contribution is 2.33. The zero-order valence-corrected chi connectivity index (χ0v) is 25.2. The van der Waals surface area contributed by atoms with Gasteiger partial charge >= 0.3 is 0 Å². The van der Waals surface area contributed by atoms with Gasteiger partial charge in [-0.25, -0.2) is 4.98 Å². The second-order valence-electron chi connectivity index (χ2n) is 11.6. The summed E-state index contributed by atoms with van der Waals surface area (Å²) in [6.45, 7) is 7.63. The van der Waals surface area contributed by atoms with Gasteiger partial charge in [-0.3, -0.25) is 19.4 Å². The molecule has 3 fully saturated rings. The smallest absolute Gasteiger partial charge is 0.253 e. The molecule has 2 aliphatic heterocycles. The highest BCUT2D eigenvalue weighted by molar-refractivity contribution is 6.33. The zero-order valence-electron chi connectivity index (χ0n) is 23.7. The molecule has 3 aromatic rings. The highest BCUT2D eigenvalue weighted by atomic mass is 35.5. The predicted molar refractivity (Wildman–Crippen MR) is 168 cm³/mol. The third-order valence-electron chi connectivity index (χ3n) is 8.84. The number of hydrogen-bond donors (Lipinski definition) is 2. The number of likely N-dealkylation sites (tertiary alicyclic amines) is 1. The van der Waals surface area contributed by atoms with Crippen LogP contribution in [-0.4, -0.2) is 65.6 Å². The average molecular weight is 609 g/mol. The minimum Gasteiger partial charge on any atom is -0.377 e. The molecule has 0 radical (unpaired) electrons. The monoisotopic (exact) mass is 607 g/mol. The molecule has 1 aliphatic carbocycles. The summed E-state index contributed by atoms with van der Waals surface area (Å²) in [6.07, 6.45) is 6.94. The van der Waals surface area contributed by atoms with Gasteiger partial charge in [0.05, 0.1) is 28.5 Å². The maximum absolute atomic E-state index is 12.2. The first-order chi connectivity index (χ1) is 20.3. The third-order valence-corrected chi connectivity index (χ3v) is 9.35. The van der Waals surface area contributed by atoms with Crippen molar-refractivity contribution in [2.45, 2.75) is 63.7 Å². The minimum absolute atomic E-state index is 0.280. The molecule has 3 heterocycles. The molecule has 1 atom stereocenters. The van der Waals surface area contributed by atoms with Crippen molar-refractivity contribution in [3.8, 4) is 6.07 Å². The number of nitriles is 1. The average Bonchev–Trinajstić information content (AvgIpc) is 3.84. The lowest BCUT2D eigenvalue weighted by Gasteiger charge is -2.47. The number of piperidine rings is 1. The van der Waals surface area contributed by atoms with E-state index in [1.807, 2.05) is 12.1 Å². The van der Waals surface area contributed by atoms with E-state index < -0.39 is 10.9 Å². The summed E-state index contributed by atoms with van der Waals surface area (Å²) >= 11 is 12.8. The topological polar surface area (TPSA) is 105 Å². The van der Waals surface area contributed by atoms with Crippen LogP contribution in [0.1, 0.15) is 50.2 Å². The van der Waals surface area contributed by atoms with Gasteiger partial charge in [0.2, 0.25) is 0 Å². The van der Waals surface area contributed by atoms with Crippen molar-refractivity contribution in [3.63, 3.8) is 0 Å². The van der Waals surface area contributed by atoms with Gasteiger partial charge in [0.25, 0.3) is 10.9 Å². The van der Waals surface area contributed by atoms with Crippen LogP contribution in [0.25, 0.3) is 0 Å². The number of anilines is 4. The maximum Gasteiger partial charge on any atom is 0.253 e. The summed E-state index contributed by atoms with van der Waals surface area (Å²) in [5.41, 5.74) is 1.96. The molecule has 42 heavy (non-hydrogen) atoms. The van der Waals surface area contributed by atoms with Crippen LogP contribution in [0.3, 0.4) is 0 Å². The van der Waals surface area contributed by atoms with E-state index in [9.17, 15) is 14.9 Å². The minimum atomic E-state index is -0.511. The van der Waals surface area contributed by atoms with Gasteiger partial charge in [0, 0.05) is 49.3 Å². The molecule has 2 aromatic carbocycles. The lowest BCUT2D eigenvalue weighted by atomic mass is 9.97. The van der Waals surface area contributed by atoms with Crippen molar-refractivity contribution in [2.24, 2.45) is 0 Å². The fourth-order valence-electron chi connectivity index (χ4n) is 6.30. The molecule has 9 nitrogen and oxygen atoms in total. The molecular weight excluding hydrogens is 573 g/mol. The van der Waals surface area contributed by atoms with Gasteiger partial charge < -0.3 is 15.5 Å². The van der Waals surface area contributed by atoms with Crippen LogP contribution in [0.15, 0.2) is 40.1 Å². The quantitative estimate of drug-likeness (QED) is 0.334. The summed E-state index contributed by atoms with van der Waals surface area (Å²) in [7, 11) is 0. The summed E-state index contributed by atoms with van der Waals surface area (Å²) in [4.78, 5) is 36.2. The van der Waals surface area contributed by atoms with Crippen molar-refractivity contribution in [1.29, 1.82) is 5.26 Å². The van der Waals surface area contributed by atoms with Crippen LogP contribution in [0.5, 0.6) is 0 Å². The van der Waals surface area contributed by atoms with Crippen molar-refractivity contribution in [2.75, 3.05) is 48.3 Å². The molecular formula is C31H35Cl2N7O2. The van der Waals surface area contributed by atoms with Crippen LogP contribution in [0.2, 0.25) is 10.0 Å². The van der Waals surface area contributed by atoms with Crippen molar-refractivity contribution in [1.82, 2.24) is 14.8 Å². The molecule has 3 aliphatic rings. The number of piperazine rings is 1. The largest absolute Gasteiger partial charge is 0.377 e. The molecule has 0 bridgehead atoms. The second-order valence-corrected chi connectivity index (χ2v) is 12.5. The first-order valence-electron chi connectivity index (χ1n) is 14.8. The summed E-state index contributed by atoms with van der Waals surface area (Å²) in [5.74, 6) is 0.743. The number of halogens is 2. The van der Waals surface area contributed by atoms with Crippen molar-refractivity contribution < 1.29 is 0 Å². The van der Waals surface area contributed by atoms with Crippen LogP contribution < -0.4 is 26.4 Å². The van der Waals surface area contributed by atoms with E-state index in [1.54, 1.807) is 18.3 Å². The number of rotatable bonds is 9. The standard InChI is InChI=1S/C31H35Cl2N7O2/c1-2-24-18-39(31-26(33)14-23(16-35-31)37-28-27(29(41)30(28)42)36-22-5-6-22)11-12-40(24)25-7-9-38(10-8-25)17-19-3-4-21(32)13-20(19)15-34/h3-4,13-14,16,22,24-25,36-37H,2,5-12,17-18H2,1H3/t24-/m0/s1. The zero-order chi connectivity index (χ0) is 29.4. The van der Waals surface area contributed by atoms with E-state index in [1.165, 1.54) is 0 Å². The Balaban J connectivity index is 1.05. The number of pyridine rings is 1. The Morgan fingerprint density at radius 3 is 2.48 bits per heavy atom. The molecule has 0 amide bonds. The van der Waals surface area contributed by atoms with Gasteiger partial charge in [-0.05, 0) is 69.0 Å². The molecule has 2 N–H and O–H groups in total. The Kier molecular flexibility index (Phi) is 8.42. The summed E-state index contributed by atoms with van der Waals surface area (Å²) in [6, 6.07) is 10.8. The Bertz CT molecular complexity index is 1570. The second kappa shape index (κ2) is 12.2. The van der Waals surface area contributed by atoms with E-state index in [-0.39, 0.29) is 6.04 Å². The van der Waals surface area contributed by atoms with Crippen LogP contribution >= 0.6 is 23.2 Å². The number of benzene rings is 1. The summed E-state index contributed by atoms with van der Waals surface area (Å²) < 4.78 is 0. The first-order valence-corrected chi connectivity index (χ1v) is 15.5.